The Morgan fingerprint density at radius 2 is 2.25 bits per heavy atom. The zero-order valence-electron chi connectivity index (χ0n) is 11.9. The molecular formula is C15H21ClN2O2. The van der Waals surface area contributed by atoms with Crippen LogP contribution in [0.3, 0.4) is 0 Å². The molecule has 2 rings (SSSR count). The van der Waals surface area contributed by atoms with Crippen molar-refractivity contribution in [3.05, 3.63) is 23.2 Å². The third kappa shape index (κ3) is 3.44. The number of rotatable bonds is 6. The average Bonchev–Trinajstić information content (AvgIpc) is 3.22. The van der Waals surface area contributed by atoms with E-state index < -0.39 is 5.54 Å². The molecule has 1 atom stereocenters. The van der Waals surface area contributed by atoms with Crippen molar-refractivity contribution in [2.45, 2.75) is 38.6 Å². The molecule has 1 aliphatic rings. The second-order valence-electron chi connectivity index (χ2n) is 5.50. The fourth-order valence-electron chi connectivity index (χ4n) is 2.04. The maximum absolute atomic E-state index is 12.2. The summed E-state index contributed by atoms with van der Waals surface area (Å²) in [4.78, 5) is 12.2. The number of nitrogens with one attached hydrogen (secondary N) is 1. The van der Waals surface area contributed by atoms with E-state index in [4.69, 9.17) is 22.1 Å². The summed E-state index contributed by atoms with van der Waals surface area (Å²) in [5.74, 6) is 0.743. The lowest BCUT2D eigenvalue weighted by Crippen LogP contribution is -2.50. The van der Waals surface area contributed by atoms with Crippen LogP contribution in [0, 0.1) is 5.92 Å². The minimum atomic E-state index is -0.816. The Morgan fingerprint density at radius 3 is 2.80 bits per heavy atom. The number of carbonyl (C=O) groups excluding carboxylic acids is 1. The molecule has 1 aromatic carbocycles. The van der Waals surface area contributed by atoms with Gasteiger partial charge in [-0.1, -0.05) is 18.5 Å². The summed E-state index contributed by atoms with van der Waals surface area (Å²) in [5.41, 5.74) is 5.90. The SMILES string of the molecule is CCCOc1ccc(NC(=O)C(C)(N)C2CC2)cc1Cl. The highest BCUT2D eigenvalue weighted by Gasteiger charge is 2.44. The molecule has 0 spiro atoms. The standard InChI is InChI=1S/C15H21ClN2O2/c1-3-8-20-13-7-6-11(9-12(13)16)18-14(19)15(2,17)10-4-5-10/h6-7,9-10H,3-5,8,17H2,1-2H3,(H,18,19). The van der Waals surface area contributed by atoms with Crippen LogP contribution in [-0.4, -0.2) is 18.1 Å². The summed E-state index contributed by atoms with van der Waals surface area (Å²) in [6, 6.07) is 5.23. The second kappa shape index (κ2) is 6.02. The van der Waals surface area contributed by atoms with Crippen LogP contribution in [0.4, 0.5) is 5.69 Å². The van der Waals surface area contributed by atoms with Crippen molar-refractivity contribution in [2.24, 2.45) is 11.7 Å². The number of hydrogen-bond donors (Lipinski definition) is 2. The van der Waals surface area contributed by atoms with Crippen LogP contribution >= 0.6 is 11.6 Å². The van der Waals surface area contributed by atoms with E-state index in [-0.39, 0.29) is 11.8 Å². The van der Waals surface area contributed by atoms with E-state index in [0.717, 1.165) is 19.3 Å². The van der Waals surface area contributed by atoms with E-state index in [0.29, 0.717) is 23.1 Å². The predicted octanol–water partition coefficient (Wildman–Crippen LogP) is 3.19. The fraction of sp³-hybridized carbons (Fsp3) is 0.533. The van der Waals surface area contributed by atoms with Gasteiger partial charge in [-0.3, -0.25) is 4.79 Å². The van der Waals surface area contributed by atoms with E-state index in [1.54, 1.807) is 25.1 Å². The number of nitrogens with two attached hydrogens (primary N) is 1. The first-order valence-corrected chi connectivity index (χ1v) is 7.35. The van der Waals surface area contributed by atoms with Gasteiger partial charge >= 0.3 is 0 Å². The Labute approximate surface area is 124 Å². The molecule has 20 heavy (non-hydrogen) atoms. The van der Waals surface area contributed by atoms with Crippen LogP contribution in [0.25, 0.3) is 0 Å². The van der Waals surface area contributed by atoms with Crippen molar-refractivity contribution >= 4 is 23.2 Å². The van der Waals surface area contributed by atoms with Crippen molar-refractivity contribution in [2.75, 3.05) is 11.9 Å². The molecule has 1 fully saturated rings. The molecule has 4 nitrogen and oxygen atoms in total. The zero-order chi connectivity index (χ0) is 14.8. The number of anilines is 1. The van der Waals surface area contributed by atoms with Crippen LogP contribution in [-0.2, 0) is 4.79 Å². The van der Waals surface area contributed by atoms with Gasteiger partial charge in [-0.05, 0) is 50.3 Å². The molecule has 0 bridgehead atoms. The lowest BCUT2D eigenvalue weighted by molar-refractivity contribution is -0.121. The van der Waals surface area contributed by atoms with E-state index >= 15 is 0 Å². The van der Waals surface area contributed by atoms with Crippen molar-refractivity contribution in [1.82, 2.24) is 0 Å². The number of amides is 1. The lowest BCUT2D eigenvalue weighted by Gasteiger charge is -2.23. The van der Waals surface area contributed by atoms with E-state index in [2.05, 4.69) is 5.32 Å². The molecule has 1 unspecified atom stereocenters. The predicted molar refractivity (Wildman–Crippen MR) is 81.2 cm³/mol. The minimum Gasteiger partial charge on any atom is -0.492 e. The first-order chi connectivity index (χ1) is 9.45. The third-order valence-corrected chi connectivity index (χ3v) is 3.86. The second-order valence-corrected chi connectivity index (χ2v) is 5.91. The van der Waals surface area contributed by atoms with E-state index in [1.165, 1.54) is 0 Å². The molecule has 1 aliphatic carbocycles. The van der Waals surface area contributed by atoms with Crippen molar-refractivity contribution in [3.63, 3.8) is 0 Å². The van der Waals surface area contributed by atoms with Gasteiger partial charge in [0.2, 0.25) is 5.91 Å². The molecule has 1 aromatic rings. The Bertz CT molecular complexity index is 499. The summed E-state index contributed by atoms with van der Waals surface area (Å²) in [6.07, 6.45) is 2.96. The quantitative estimate of drug-likeness (QED) is 0.847. The molecule has 0 saturated heterocycles. The summed E-state index contributed by atoms with van der Waals surface area (Å²) in [6.45, 7) is 4.43. The van der Waals surface area contributed by atoms with Crippen LogP contribution in [0.1, 0.15) is 33.1 Å². The topological polar surface area (TPSA) is 64.3 Å². The number of carbonyl (C=O) groups is 1. The first kappa shape index (κ1) is 15.1. The summed E-state index contributed by atoms with van der Waals surface area (Å²) in [5, 5.41) is 3.31. The van der Waals surface area contributed by atoms with Gasteiger partial charge in [0.25, 0.3) is 0 Å². The molecule has 3 N–H and O–H groups in total. The number of benzene rings is 1. The van der Waals surface area contributed by atoms with Crippen molar-refractivity contribution in [3.8, 4) is 5.75 Å². The van der Waals surface area contributed by atoms with Crippen LogP contribution in [0.2, 0.25) is 5.02 Å². The lowest BCUT2D eigenvalue weighted by atomic mass is 9.96. The van der Waals surface area contributed by atoms with Gasteiger partial charge in [0.1, 0.15) is 5.75 Å². The van der Waals surface area contributed by atoms with Gasteiger partial charge in [0.05, 0.1) is 17.2 Å². The molecule has 0 aliphatic heterocycles. The van der Waals surface area contributed by atoms with Gasteiger partial charge in [-0.2, -0.15) is 0 Å². The summed E-state index contributed by atoms with van der Waals surface area (Å²) < 4.78 is 5.49. The maximum Gasteiger partial charge on any atom is 0.244 e. The third-order valence-electron chi connectivity index (χ3n) is 3.57. The van der Waals surface area contributed by atoms with Crippen molar-refractivity contribution in [1.29, 1.82) is 0 Å². The average molecular weight is 297 g/mol. The summed E-state index contributed by atoms with van der Waals surface area (Å²) >= 11 is 6.13. The highest BCUT2D eigenvalue weighted by molar-refractivity contribution is 6.32. The highest BCUT2D eigenvalue weighted by atomic mass is 35.5. The molecule has 1 saturated carbocycles. The Hall–Kier alpha value is -1.26. The van der Waals surface area contributed by atoms with Crippen molar-refractivity contribution < 1.29 is 9.53 Å². The van der Waals surface area contributed by atoms with Crippen LogP contribution in [0.15, 0.2) is 18.2 Å². The number of hydrogen-bond acceptors (Lipinski definition) is 3. The minimum absolute atomic E-state index is 0.168. The van der Waals surface area contributed by atoms with E-state index in [1.807, 2.05) is 6.92 Å². The van der Waals surface area contributed by atoms with Gasteiger partial charge < -0.3 is 15.8 Å². The zero-order valence-corrected chi connectivity index (χ0v) is 12.7. The van der Waals surface area contributed by atoms with Gasteiger partial charge in [0, 0.05) is 5.69 Å². The Balaban J connectivity index is 2.02. The Kier molecular flexibility index (Phi) is 4.55. The largest absolute Gasteiger partial charge is 0.492 e. The molecular weight excluding hydrogens is 276 g/mol. The molecule has 1 amide bonds. The molecule has 110 valence electrons. The molecule has 0 radical (unpaired) electrons. The van der Waals surface area contributed by atoms with Gasteiger partial charge in [-0.25, -0.2) is 0 Å². The monoisotopic (exact) mass is 296 g/mol. The van der Waals surface area contributed by atoms with E-state index in [9.17, 15) is 4.79 Å². The molecule has 0 heterocycles. The van der Waals surface area contributed by atoms with Crippen LogP contribution < -0.4 is 15.8 Å². The normalized spacial score (nSPS) is 17.4. The Morgan fingerprint density at radius 1 is 1.55 bits per heavy atom. The fourth-order valence-corrected chi connectivity index (χ4v) is 2.28. The maximum atomic E-state index is 12.2. The number of halogens is 1. The first-order valence-electron chi connectivity index (χ1n) is 6.97. The summed E-state index contributed by atoms with van der Waals surface area (Å²) in [7, 11) is 0. The molecule has 0 aromatic heterocycles. The molecule has 5 heteroatoms. The number of ether oxygens (including phenoxy) is 1. The van der Waals surface area contributed by atoms with Gasteiger partial charge in [0.15, 0.2) is 0 Å². The van der Waals surface area contributed by atoms with Crippen LogP contribution in [0.5, 0.6) is 5.75 Å². The smallest absolute Gasteiger partial charge is 0.244 e. The van der Waals surface area contributed by atoms with Gasteiger partial charge in [-0.15, -0.1) is 0 Å². The highest BCUT2D eigenvalue weighted by Crippen LogP contribution is 2.38.